The molecule has 1 rings (SSSR count). The van der Waals surface area contributed by atoms with Crippen molar-refractivity contribution in [2.45, 2.75) is 18.7 Å². The number of nitrogens with two attached hydrogens (primary N) is 1. The third kappa shape index (κ3) is 4.63. The number of rotatable bonds is 6. The lowest BCUT2D eigenvalue weighted by molar-refractivity contribution is 0.242. The quantitative estimate of drug-likeness (QED) is 0.784. The van der Waals surface area contributed by atoms with Crippen LogP contribution in [0.3, 0.4) is 0 Å². The summed E-state index contributed by atoms with van der Waals surface area (Å²) in [5, 5.41) is 0.128. The predicted molar refractivity (Wildman–Crippen MR) is 83.4 cm³/mol. The standard InChI is InChI=1S/C13H22ClN3O2S/c1-13(2,9-17(3)4)8-16-20(18,19)12-10(14)6-5-7-11(12)15/h5-7,16H,8-9,15H2,1-4H3. The van der Waals surface area contributed by atoms with Gasteiger partial charge in [-0.1, -0.05) is 31.5 Å². The maximum absolute atomic E-state index is 12.3. The molecule has 0 radical (unpaired) electrons. The Bertz CT molecular complexity index is 551. The Kier molecular flexibility index (Phi) is 5.43. The van der Waals surface area contributed by atoms with E-state index in [1.165, 1.54) is 12.1 Å². The van der Waals surface area contributed by atoms with Crippen LogP contribution in [0.15, 0.2) is 23.1 Å². The monoisotopic (exact) mass is 319 g/mol. The Morgan fingerprint density at radius 1 is 1.35 bits per heavy atom. The minimum absolute atomic E-state index is 0.0534. The van der Waals surface area contributed by atoms with Gasteiger partial charge in [-0.2, -0.15) is 0 Å². The second-order valence-corrected chi connectivity index (χ2v) is 8.00. The van der Waals surface area contributed by atoms with Crippen molar-refractivity contribution in [3.05, 3.63) is 23.2 Å². The van der Waals surface area contributed by atoms with Gasteiger partial charge in [0, 0.05) is 13.1 Å². The molecule has 0 aliphatic heterocycles. The summed E-state index contributed by atoms with van der Waals surface area (Å²) < 4.78 is 27.2. The third-order valence-corrected chi connectivity index (χ3v) is 4.70. The second kappa shape index (κ2) is 6.30. The van der Waals surface area contributed by atoms with E-state index in [0.717, 1.165) is 6.54 Å². The van der Waals surface area contributed by atoms with Crippen molar-refractivity contribution in [2.75, 3.05) is 32.9 Å². The number of sulfonamides is 1. The van der Waals surface area contributed by atoms with Crippen LogP contribution in [-0.4, -0.2) is 40.5 Å². The fraction of sp³-hybridized carbons (Fsp3) is 0.538. The molecule has 0 aliphatic rings. The number of nitrogens with one attached hydrogen (secondary N) is 1. The van der Waals surface area contributed by atoms with Gasteiger partial charge >= 0.3 is 0 Å². The van der Waals surface area contributed by atoms with Gasteiger partial charge in [-0.3, -0.25) is 0 Å². The summed E-state index contributed by atoms with van der Waals surface area (Å²) in [6.45, 7) is 5.04. The molecule has 0 saturated heterocycles. The topological polar surface area (TPSA) is 75.4 Å². The van der Waals surface area contributed by atoms with Crippen LogP contribution in [-0.2, 0) is 10.0 Å². The summed E-state index contributed by atoms with van der Waals surface area (Å²) in [6, 6.07) is 4.65. The first-order chi connectivity index (χ1) is 9.05. The molecule has 7 heteroatoms. The van der Waals surface area contributed by atoms with Crippen molar-refractivity contribution in [2.24, 2.45) is 5.41 Å². The zero-order valence-electron chi connectivity index (χ0n) is 12.3. The molecular weight excluding hydrogens is 298 g/mol. The van der Waals surface area contributed by atoms with E-state index in [1.807, 2.05) is 32.8 Å². The highest BCUT2D eigenvalue weighted by Gasteiger charge is 2.25. The smallest absolute Gasteiger partial charge is 0.244 e. The minimum atomic E-state index is -3.72. The molecule has 0 atom stereocenters. The van der Waals surface area contributed by atoms with Gasteiger partial charge in [-0.25, -0.2) is 13.1 Å². The lowest BCUT2D eigenvalue weighted by Crippen LogP contribution is -2.40. The van der Waals surface area contributed by atoms with E-state index in [2.05, 4.69) is 4.72 Å². The Morgan fingerprint density at radius 2 is 1.95 bits per heavy atom. The van der Waals surface area contributed by atoms with E-state index in [1.54, 1.807) is 6.07 Å². The third-order valence-electron chi connectivity index (χ3n) is 2.75. The molecule has 0 amide bonds. The molecule has 0 aromatic heterocycles. The molecule has 0 heterocycles. The normalized spacial score (nSPS) is 12.9. The highest BCUT2D eigenvalue weighted by molar-refractivity contribution is 7.89. The minimum Gasteiger partial charge on any atom is -0.398 e. The van der Waals surface area contributed by atoms with Gasteiger partial charge in [0.2, 0.25) is 10.0 Å². The van der Waals surface area contributed by atoms with E-state index in [0.29, 0.717) is 6.54 Å². The first kappa shape index (κ1) is 17.2. The summed E-state index contributed by atoms with van der Waals surface area (Å²) in [5.74, 6) is 0. The van der Waals surface area contributed by atoms with Crippen LogP contribution in [0.1, 0.15) is 13.8 Å². The van der Waals surface area contributed by atoms with Gasteiger partial charge in [0.15, 0.2) is 0 Å². The molecule has 0 fully saturated rings. The van der Waals surface area contributed by atoms with Gasteiger partial charge < -0.3 is 10.6 Å². The number of benzene rings is 1. The van der Waals surface area contributed by atoms with Gasteiger partial charge in [0.1, 0.15) is 4.90 Å². The molecule has 0 spiro atoms. The molecular formula is C13H22ClN3O2S. The lowest BCUT2D eigenvalue weighted by atomic mass is 9.93. The van der Waals surface area contributed by atoms with Crippen LogP contribution in [0.4, 0.5) is 5.69 Å². The Hall–Kier alpha value is -0.820. The van der Waals surface area contributed by atoms with Gasteiger partial charge in [0.25, 0.3) is 0 Å². The molecule has 1 aromatic rings. The maximum Gasteiger partial charge on any atom is 0.244 e. The molecule has 0 bridgehead atoms. The molecule has 5 nitrogen and oxygen atoms in total. The van der Waals surface area contributed by atoms with Crippen molar-refractivity contribution in [1.29, 1.82) is 0 Å². The lowest BCUT2D eigenvalue weighted by Gasteiger charge is -2.28. The summed E-state index contributed by atoms with van der Waals surface area (Å²) in [4.78, 5) is 1.96. The molecule has 114 valence electrons. The van der Waals surface area contributed by atoms with E-state index >= 15 is 0 Å². The van der Waals surface area contributed by atoms with Crippen molar-refractivity contribution in [1.82, 2.24) is 9.62 Å². The first-order valence-corrected chi connectivity index (χ1v) is 8.10. The van der Waals surface area contributed by atoms with Crippen LogP contribution < -0.4 is 10.5 Å². The average Bonchev–Trinajstić information content (AvgIpc) is 2.24. The van der Waals surface area contributed by atoms with Gasteiger partial charge in [0.05, 0.1) is 10.7 Å². The summed E-state index contributed by atoms with van der Waals surface area (Å²) in [5.41, 5.74) is 5.66. The Balaban J connectivity index is 2.92. The zero-order chi connectivity index (χ0) is 15.6. The Morgan fingerprint density at radius 3 is 2.45 bits per heavy atom. The fourth-order valence-corrected chi connectivity index (χ4v) is 4.00. The number of nitrogen functional groups attached to an aromatic ring is 1. The van der Waals surface area contributed by atoms with Crippen molar-refractivity contribution < 1.29 is 8.42 Å². The van der Waals surface area contributed by atoms with E-state index < -0.39 is 10.0 Å². The van der Waals surface area contributed by atoms with Crippen molar-refractivity contribution in [3.63, 3.8) is 0 Å². The first-order valence-electron chi connectivity index (χ1n) is 6.23. The Labute approximate surface area is 126 Å². The molecule has 20 heavy (non-hydrogen) atoms. The number of halogens is 1. The van der Waals surface area contributed by atoms with Gasteiger partial charge in [-0.15, -0.1) is 0 Å². The number of anilines is 1. The molecule has 3 N–H and O–H groups in total. The highest BCUT2D eigenvalue weighted by atomic mass is 35.5. The van der Waals surface area contributed by atoms with Crippen LogP contribution in [0.5, 0.6) is 0 Å². The second-order valence-electron chi connectivity index (χ2n) is 5.88. The van der Waals surface area contributed by atoms with E-state index in [9.17, 15) is 8.42 Å². The molecule has 0 unspecified atom stereocenters. The molecule has 0 saturated carbocycles. The number of hydrogen-bond acceptors (Lipinski definition) is 4. The largest absolute Gasteiger partial charge is 0.398 e. The predicted octanol–water partition coefficient (Wildman–Crippen LogP) is 1.79. The van der Waals surface area contributed by atoms with Crippen LogP contribution in [0.2, 0.25) is 5.02 Å². The van der Waals surface area contributed by atoms with Gasteiger partial charge in [-0.05, 0) is 31.6 Å². The van der Waals surface area contributed by atoms with Crippen molar-refractivity contribution in [3.8, 4) is 0 Å². The maximum atomic E-state index is 12.3. The zero-order valence-corrected chi connectivity index (χ0v) is 13.8. The highest BCUT2D eigenvalue weighted by Crippen LogP contribution is 2.27. The van der Waals surface area contributed by atoms with E-state index in [-0.39, 0.29) is 21.0 Å². The fourth-order valence-electron chi connectivity index (χ4n) is 2.08. The van der Waals surface area contributed by atoms with Crippen LogP contribution in [0, 0.1) is 5.41 Å². The number of hydrogen-bond donors (Lipinski definition) is 2. The summed E-state index contributed by atoms with van der Waals surface area (Å²) >= 11 is 5.94. The number of nitrogens with zero attached hydrogens (tertiary/aromatic N) is 1. The SMILES string of the molecule is CN(C)CC(C)(C)CNS(=O)(=O)c1c(N)cccc1Cl. The summed E-state index contributed by atoms with van der Waals surface area (Å²) in [7, 11) is 0.177. The van der Waals surface area contributed by atoms with Crippen LogP contribution >= 0.6 is 11.6 Å². The molecule has 0 aliphatic carbocycles. The van der Waals surface area contributed by atoms with Crippen LogP contribution in [0.25, 0.3) is 0 Å². The average molecular weight is 320 g/mol. The van der Waals surface area contributed by atoms with E-state index in [4.69, 9.17) is 17.3 Å². The van der Waals surface area contributed by atoms with Crippen molar-refractivity contribution >= 4 is 27.3 Å². The summed E-state index contributed by atoms with van der Waals surface area (Å²) in [6.07, 6.45) is 0. The molecule has 1 aromatic carbocycles.